The normalized spacial score (nSPS) is 24.6. The molecule has 0 unspecified atom stereocenters. The highest BCUT2D eigenvalue weighted by Gasteiger charge is 2.30. The average molecular weight is 305 g/mol. The average Bonchev–Trinajstić information content (AvgIpc) is 3.02. The Kier molecular flexibility index (Phi) is 5.21. The summed E-state index contributed by atoms with van der Waals surface area (Å²) in [5.41, 5.74) is 1.27. The van der Waals surface area contributed by atoms with Crippen molar-refractivity contribution in [2.75, 3.05) is 33.0 Å². The second-order valence-corrected chi connectivity index (χ2v) is 6.46. The van der Waals surface area contributed by atoms with Gasteiger partial charge >= 0.3 is 0 Å². The molecular weight excluding hydrogens is 278 g/mol. The van der Waals surface area contributed by atoms with Crippen LogP contribution in [0, 0.1) is 5.92 Å². The van der Waals surface area contributed by atoms with Crippen LogP contribution in [0.2, 0.25) is 0 Å². The summed E-state index contributed by atoms with van der Waals surface area (Å²) in [5.74, 6) is 2.42. The minimum atomic E-state index is 0.253. The second-order valence-electron chi connectivity index (χ2n) is 6.46. The fraction of sp³-hybridized carbons (Fsp3) is 0.667. The molecule has 0 aromatic heterocycles. The SMILES string of the molecule is CCCCCN1CC[C@@H](c2ccc3c(c2)OCO3)[C@H](CO)C1. The van der Waals surface area contributed by atoms with E-state index in [1.165, 1.54) is 24.8 Å². The summed E-state index contributed by atoms with van der Waals surface area (Å²) in [7, 11) is 0. The third kappa shape index (κ3) is 3.39. The summed E-state index contributed by atoms with van der Waals surface area (Å²) in [5, 5.41) is 9.82. The summed E-state index contributed by atoms with van der Waals surface area (Å²) in [6, 6.07) is 6.23. The molecule has 1 aromatic carbocycles. The van der Waals surface area contributed by atoms with Crippen molar-refractivity contribution in [3.63, 3.8) is 0 Å². The largest absolute Gasteiger partial charge is 0.454 e. The number of aliphatic hydroxyl groups excluding tert-OH is 1. The standard InChI is InChI=1S/C18H27NO3/c1-2-3-4-8-19-9-7-16(15(11-19)12-20)14-5-6-17-18(10-14)22-13-21-17/h5-6,10,15-16,20H,2-4,7-9,11-13H2,1H3/t15-,16-/m0/s1. The Morgan fingerprint density at radius 1 is 1.23 bits per heavy atom. The Labute approximate surface area is 133 Å². The monoisotopic (exact) mass is 305 g/mol. The maximum atomic E-state index is 9.82. The molecule has 4 nitrogen and oxygen atoms in total. The van der Waals surface area contributed by atoms with Crippen molar-refractivity contribution in [2.45, 2.75) is 38.5 Å². The maximum Gasteiger partial charge on any atom is 0.231 e. The number of benzene rings is 1. The first kappa shape index (κ1) is 15.6. The minimum absolute atomic E-state index is 0.253. The van der Waals surface area contributed by atoms with Crippen molar-refractivity contribution in [1.29, 1.82) is 0 Å². The molecule has 0 aliphatic carbocycles. The Hall–Kier alpha value is -1.26. The molecule has 1 N–H and O–H groups in total. The number of likely N-dealkylation sites (tertiary alicyclic amines) is 1. The fourth-order valence-corrected chi connectivity index (χ4v) is 3.66. The van der Waals surface area contributed by atoms with Crippen LogP contribution >= 0.6 is 0 Å². The molecule has 3 rings (SSSR count). The zero-order chi connectivity index (χ0) is 15.4. The minimum Gasteiger partial charge on any atom is -0.454 e. The fourth-order valence-electron chi connectivity index (χ4n) is 3.66. The van der Waals surface area contributed by atoms with Crippen molar-refractivity contribution < 1.29 is 14.6 Å². The number of nitrogens with zero attached hydrogens (tertiary/aromatic N) is 1. The zero-order valence-electron chi connectivity index (χ0n) is 13.5. The third-order valence-corrected chi connectivity index (χ3v) is 4.96. The van der Waals surface area contributed by atoms with Crippen molar-refractivity contribution >= 4 is 0 Å². The predicted octanol–water partition coefficient (Wildman–Crippen LogP) is 3.00. The van der Waals surface area contributed by atoms with E-state index in [4.69, 9.17) is 9.47 Å². The summed E-state index contributed by atoms with van der Waals surface area (Å²) < 4.78 is 10.9. The Bertz CT molecular complexity index is 491. The van der Waals surface area contributed by atoms with Gasteiger partial charge < -0.3 is 19.5 Å². The van der Waals surface area contributed by atoms with E-state index >= 15 is 0 Å². The molecule has 0 spiro atoms. The van der Waals surface area contributed by atoms with E-state index in [0.717, 1.165) is 37.6 Å². The van der Waals surface area contributed by atoms with E-state index in [1.807, 2.05) is 6.07 Å². The molecule has 122 valence electrons. The Balaban J connectivity index is 1.64. The van der Waals surface area contributed by atoms with E-state index in [2.05, 4.69) is 24.0 Å². The number of rotatable bonds is 6. The van der Waals surface area contributed by atoms with E-state index in [0.29, 0.717) is 18.6 Å². The molecule has 4 heteroatoms. The predicted molar refractivity (Wildman–Crippen MR) is 86.5 cm³/mol. The lowest BCUT2D eigenvalue weighted by Gasteiger charge is -2.38. The molecule has 1 saturated heterocycles. The number of ether oxygens (including phenoxy) is 2. The van der Waals surface area contributed by atoms with Gasteiger partial charge in [0.05, 0.1) is 0 Å². The molecule has 1 fully saturated rings. The molecule has 22 heavy (non-hydrogen) atoms. The smallest absolute Gasteiger partial charge is 0.231 e. The summed E-state index contributed by atoms with van der Waals surface area (Å²) >= 11 is 0. The summed E-state index contributed by atoms with van der Waals surface area (Å²) in [6.45, 7) is 6.10. The van der Waals surface area contributed by atoms with Crippen LogP contribution < -0.4 is 9.47 Å². The van der Waals surface area contributed by atoms with Gasteiger partial charge in [-0.3, -0.25) is 0 Å². The van der Waals surface area contributed by atoms with Gasteiger partial charge in [0.1, 0.15) is 0 Å². The van der Waals surface area contributed by atoms with E-state index in [-0.39, 0.29) is 6.61 Å². The molecule has 0 bridgehead atoms. The number of hydrogen-bond donors (Lipinski definition) is 1. The van der Waals surface area contributed by atoms with Gasteiger partial charge in [-0.15, -0.1) is 0 Å². The van der Waals surface area contributed by atoms with Gasteiger partial charge in [-0.25, -0.2) is 0 Å². The van der Waals surface area contributed by atoms with E-state index in [1.54, 1.807) is 0 Å². The van der Waals surface area contributed by atoms with Crippen molar-refractivity contribution in [2.24, 2.45) is 5.92 Å². The second kappa shape index (κ2) is 7.34. The molecule has 2 aliphatic rings. The zero-order valence-corrected chi connectivity index (χ0v) is 13.5. The van der Waals surface area contributed by atoms with Crippen LogP contribution in [-0.4, -0.2) is 43.0 Å². The van der Waals surface area contributed by atoms with Crippen molar-refractivity contribution in [3.05, 3.63) is 23.8 Å². The van der Waals surface area contributed by atoms with Gasteiger partial charge in [0.2, 0.25) is 6.79 Å². The summed E-state index contributed by atoms with van der Waals surface area (Å²) in [4.78, 5) is 2.51. The number of aliphatic hydroxyl groups is 1. The third-order valence-electron chi connectivity index (χ3n) is 4.96. The Morgan fingerprint density at radius 3 is 2.91 bits per heavy atom. The lowest BCUT2D eigenvalue weighted by atomic mass is 9.80. The molecule has 0 saturated carbocycles. The van der Waals surface area contributed by atoms with Crippen LogP contribution in [0.4, 0.5) is 0 Å². The van der Waals surface area contributed by atoms with Gasteiger partial charge in [0, 0.05) is 19.1 Å². The van der Waals surface area contributed by atoms with Crippen LogP contribution in [0.5, 0.6) is 11.5 Å². The van der Waals surface area contributed by atoms with Crippen LogP contribution in [0.1, 0.15) is 44.1 Å². The van der Waals surface area contributed by atoms with Gasteiger partial charge in [-0.05, 0) is 49.5 Å². The van der Waals surface area contributed by atoms with Crippen molar-refractivity contribution in [3.8, 4) is 11.5 Å². The first-order valence-corrected chi connectivity index (χ1v) is 8.54. The maximum absolute atomic E-state index is 9.82. The van der Waals surface area contributed by atoms with Crippen LogP contribution in [0.15, 0.2) is 18.2 Å². The van der Waals surface area contributed by atoms with Crippen LogP contribution in [0.25, 0.3) is 0 Å². The first-order chi connectivity index (χ1) is 10.8. The Morgan fingerprint density at radius 2 is 2.09 bits per heavy atom. The number of unbranched alkanes of at least 4 members (excludes halogenated alkanes) is 2. The van der Waals surface area contributed by atoms with Gasteiger partial charge in [0.15, 0.2) is 11.5 Å². The van der Waals surface area contributed by atoms with E-state index in [9.17, 15) is 5.11 Å². The molecule has 2 heterocycles. The molecule has 0 amide bonds. The lowest BCUT2D eigenvalue weighted by molar-refractivity contribution is 0.100. The number of piperidine rings is 1. The van der Waals surface area contributed by atoms with Crippen LogP contribution in [0.3, 0.4) is 0 Å². The highest BCUT2D eigenvalue weighted by atomic mass is 16.7. The molecular formula is C18H27NO3. The van der Waals surface area contributed by atoms with Crippen LogP contribution in [-0.2, 0) is 0 Å². The van der Waals surface area contributed by atoms with Gasteiger partial charge in [-0.2, -0.15) is 0 Å². The highest BCUT2D eigenvalue weighted by molar-refractivity contribution is 5.45. The molecule has 2 aliphatic heterocycles. The highest BCUT2D eigenvalue weighted by Crippen LogP contribution is 2.39. The van der Waals surface area contributed by atoms with Gasteiger partial charge in [0.25, 0.3) is 0 Å². The number of fused-ring (bicyclic) bond motifs is 1. The molecule has 0 radical (unpaired) electrons. The first-order valence-electron chi connectivity index (χ1n) is 8.54. The van der Waals surface area contributed by atoms with Gasteiger partial charge in [-0.1, -0.05) is 25.8 Å². The summed E-state index contributed by atoms with van der Waals surface area (Å²) in [6.07, 6.45) is 4.93. The molecule has 1 aromatic rings. The molecule has 2 atom stereocenters. The van der Waals surface area contributed by atoms with Crippen molar-refractivity contribution in [1.82, 2.24) is 4.90 Å². The number of hydrogen-bond acceptors (Lipinski definition) is 4. The van der Waals surface area contributed by atoms with E-state index < -0.39 is 0 Å². The topological polar surface area (TPSA) is 41.9 Å². The quantitative estimate of drug-likeness (QED) is 0.820. The lowest BCUT2D eigenvalue weighted by Crippen LogP contribution is -2.41.